The number of nitrogens with zero attached hydrogens (tertiary/aromatic N) is 2. The van der Waals surface area contributed by atoms with Gasteiger partial charge in [0.2, 0.25) is 0 Å². The fourth-order valence-corrected chi connectivity index (χ4v) is 3.69. The van der Waals surface area contributed by atoms with Crippen LogP contribution in [-0.4, -0.2) is 34.0 Å². The number of piperidine rings is 1. The van der Waals surface area contributed by atoms with E-state index in [9.17, 15) is 9.90 Å². The van der Waals surface area contributed by atoms with Crippen LogP contribution in [-0.2, 0) is 17.8 Å². The van der Waals surface area contributed by atoms with Gasteiger partial charge in [-0.1, -0.05) is 20.3 Å². The Balaban J connectivity index is 1.91. The van der Waals surface area contributed by atoms with Crippen LogP contribution in [0.4, 0.5) is 0 Å². The van der Waals surface area contributed by atoms with Crippen LogP contribution in [0.25, 0.3) is 0 Å². The maximum atomic E-state index is 11.2. The monoisotopic (exact) mass is 296 g/mol. The smallest absolute Gasteiger partial charge is 0.307 e. The van der Waals surface area contributed by atoms with E-state index >= 15 is 0 Å². The molecular weight excluding hydrogens is 272 g/mol. The molecule has 20 heavy (non-hydrogen) atoms. The molecule has 0 saturated carbocycles. The maximum Gasteiger partial charge on any atom is 0.307 e. The third kappa shape index (κ3) is 4.28. The van der Waals surface area contributed by atoms with E-state index in [0.29, 0.717) is 12.5 Å². The van der Waals surface area contributed by atoms with Crippen LogP contribution in [0.5, 0.6) is 0 Å². The Bertz CT molecular complexity index is 447. The average molecular weight is 296 g/mol. The van der Waals surface area contributed by atoms with Crippen molar-refractivity contribution < 1.29 is 9.90 Å². The molecule has 0 aliphatic carbocycles. The molecule has 1 fully saturated rings. The second-order valence-electron chi connectivity index (χ2n) is 5.91. The zero-order chi connectivity index (χ0) is 14.5. The van der Waals surface area contributed by atoms with Crippen molar-refractivity contribution in [2.45, 2.75) is 46.1 Å². The number of carbonyl (C=O) groups is 1. The standard InChI is InChI=1S/C15H24N2O2S/c1-3-4-5-14-16-13(10-20-14)9-17-7-11(2)6-12(8-17)15(18)19/h10-12H,3-9H2,1-2H3,(H,18,19). The summed E-state index contributed by atoms with van der Waals surface area (Å²) in [5.41, 5.74) is 1.10. The molecule has 2 atom stereocenters. The predicted octanol–water partition coefficient (Wildman–Crippen LogP) is 3.03. The van der Waals surface area contributed by atoms with Gasteiger partial charge in [0, 0.05) is 25.0 Å². The number of rotatable bonds is 6. The molecule has 2 unspecified atom stereocenters. The molecule has 0 bridgehead atoms. The average Bonchev–Trinajstić information content (AvgIpc) is 2.83. The molecule has 1 saturated heterocycles. The van der Waals surface area contributed by atoms with Crippen molar-refractivity contribution in [3.8, 4) is 0 Å². The van der Waals surface area contributed by atoms with Crippen LogP contribution >= 0.6 is 11.3 Å². The highest BCUT2D eigenvalue weighted by Gasteiger charge is 2.29. The summed E-state index contributed by atoms with van der Waals surface area (Å²) in [6.07, 6.45) is 4.24. The van der Waals surface area contributed by atoms with Gasteiger partial charge in [0.05, 0.1) is 16.6 Å². The van der Waals surface area contributed by atoms with Crippen LogP contribution in [0.3, 0.4) is 0 Å². The number of aryl methyl sites for hydroxylation is 1. The minimum Gasteiger partial charge on any atom is -0.481 e. The number of aliphatic carboxylic acids is 1. The highest BCUT2D eigenvalue weighted by atomic mass is 32.1. The second kappa shape index (κ2) is 7.18. The van der Waals surface area contributed by atoms with E-state index in [1.807, 2.05) is 0 Å². The lowest BCUT2D eigenvalue weighted by Gasteiger charge is -2.34. The van der Waals surface area contributed by atoms with E-state index in [4.69, 9.17) is 0 Å². The molecule has 2 heterocycles. The fraction of sp³-hybridized carbons (Fsp3) is 0.733. The summed E-state index contributed by atoms with van der Waals surface area (Å²) in [6.45, 7) is 6.75. The molecule has 4 nitrogen and oxygen atoms in total. The predicted molar refractivity (Wildman–Crippen MR) is 80.9 cm³/mol. The molecule has 2 rings (SSSR count). The third-order valence-corrected chi connectivity index (χ3v) is 4.77. The van der Waals surface area contributed by atoms with E-state index in [1.54, 1.807) is 11.3 Å². The number of hydrogen-bond donors (Lipinski definition) is 1. The zero-order valence-corrected chi connectivity index (χ0v) is 13.2. The Hall–Kier alpha value is -0.940. The lowest BCUT2D eigenvalue weighted by Crippen LogP contribution is -2.42. The van der Waals surface area contributed by atoms with Gasteiger partial charge in [-0.25, -0.2) is 4.98 Å². The van der Waals surface area contributed by atoms with Crippen molar-refractivity contribution in [3.05, 3.63) is 16.1 Å². The Kier molecular flexibility index (Phi) is 5.54. The normalized spacial score (nSPS) is 23.9. The number of thiazole rings is 1. The highest BCUT2D eigenvalue weighted by Crippen LogP contribution is 2.24. The first kappa shape index (κ1) is 15.4. The van der Waals surface area contributed by atoms with Crippen molar-refractivity contribution in [1.29, 1.82) is 0 Å². The van der Waals surface area contributed by atoms with E-state index in [-0.39, 0.29) is 5.92 Å². The molecular formula is C15H24N2O2S. The van der Waals surface area contributed by atoms with Gasteiger partial charge in [-0.2, -0.15) is 0 Å². The summed E-state index contributed by atoms with van der Waals surface area (Å²) in [5.74, 6) is -0.441. The van der Waals surface area contributed by atoms with Crippen LogP contribution in [0.15, 0.2) is 5.38 Å². The number of carboxylic acid groups (broad SMARTS) is 1. The lowest BCUT2D eigenvalue weighted by molar-refractivity contribution is -0.144. The fourth-order valence-electron chi connectivity index (χ4n) is 2.86. The molecule has 1 aliphatic heterocycles. The largest absolute Gasteiger partial charge is 0.481 e. The molecule has 1 aromatic heterocycles. The topological polar surface area (TPSA) is 53.4 Å². The Labute approximate surface area is 124 Å². The molecule has 5 heteroatoms. The van der Waals surface area contributed by atoms with Crippen molar-refractivity contribution in [2.24, 2.45) is 11.8 Å². The van der Waals surface area contributed by atoms with Crippen LogP contribution in [0.2, 0.25) is 0 Å². The van der Waals surface area contributed by atoms with Gasteiger partial charge in [0.1, 0.15) is 0 Å². The first-order valence-corrected chi connectivity index (χ1v) is 8.35. The summed E-state index contributed by atoms with van der Waals surface area (Å²) >= 11 is 1.73. The van der Waals surface area contributed by atoms with E-state index in [2.05, 4.69) is 29.1 Å². The van der Waals surface area contributed by atoms with E-state index in [1.165, 1.54) is 17.8 Å². The number of hydrogen-bond acceptors (Lipinski definition) is 4. The first-order chi connectivity index (χ1) is 9.58. The minimum atomic E-state index is -0.663. The molecule has 0 amide bonds. The molecule has 0 spiro atoms. The Morgan fingerprint density at radius 2 is 2.35 bits per heavy atom. The minimum absolute atomic E-state index is 0.225. The van der Waals surface area contributed by atoms with Gasteiger partial charge in [-0.3, -0.25) is 9.69 Å². The zero-order valence-electron chi connectivity index (χ0n) is 12.3. The van der Waals surface area contributed by atoms with Crippen LogP contribution in [0, 0.1) is 11.8 Å². The van der Waals surface area contributed by atoms with Crippen LogP contribution < -0.4 is 0 Å². The van der Waals surface area contributed by atoms with Gasteiger partial charge in [0.25, 0.3) is 0 Å². The second-order valence-corrected chi connectivity index (χ2v) is 6.85. The molecule has 1 aromatic rings. The highest BCUT2D eigenvalue weighted by molar-refractivity contribution is 7.09. The lowest BCUT2D eigenvalue weighted by atomic mass is 9.90. The van der Waals surface area contributed by atoms with Crippen molar-refractivity contribution in [2.75, 3.05) is 13.1 Å². The molecule has 1 aliphatic rings. The third-order valence-electron chi connectivity index (χ3n) is 3.81. The summed E-state index contributed by atoms with van der Waals surface area (Å²) in [4.78, 5) is 18.1. The Morgan fingerprint density at radius 1 is 1.55 bits per heavy atom. The molecule has 0 radical (unpaired) electrons. The van der Waals surface area contributed by atoms with Crippen molar-refractivity contribution in [1.82, 2.24) is 9.88 Å². The number of aromatic nitrogens is 1. The van der Waals surface area contributed by atoms with Gasteiger partial charge < -0.3 is 5.11 Å². The molecule has 1 N–H and O–H groups in total. The molecule has 0 aromatic carbocycles. The summed E-state index contributed by atoms with van der Waals surface area (Å²) in [6, 6.07) is 0. The number of carboxylic acids is 1. The number of unbranched alkanes of at least 4 members (excludes halogenated alkanes) is 1. The molecule has 112 valence electrons. The van der Waals surface area contributed by atoms with Crippen LogP contribution in [0.1, 0.15) is 43.8 Å². The van der Waals surface area contributed by atoms with Crippen molar-refractivity contribution in [3.63, 3.8) is 0 Å². The van der Waals surface area contributed by atoms with Crippen molar-refractivity contribution >= 4 is 17.3 Å². The SMILES string of the molecule is CCCCc1nc(CN2CC(C)CC(C(=O)O)C2)cs1. The van der Waals surface area contributed by atoms with E-state index < -0.39 is 5.97 Å². The van der Waals surface area contributed by atoms with E-state index in [0.717, 1.165) is 31.6 Å². The van der Waals surface area contributed by atoms with Gasteiger partial charge in [0.15, 0.2) is 0 Å². The maximum absolute atomic E-state index is 11.2. The number of likely N-dealkylation sites (tertiary alicyclic amines) is 1. The summed E-state index contributed by atoms with van der Waals surface area (Å²) in [7, 11) is 0. The van der Waals surface area contributed by atoms with Gasteiger partial charge in [-0.15, -0.1) is 11.3 Å². The summed E-state index contributed by atoms with van der Waals surface area (Å²) < 4.78 is 0. The van der Waals surface area contributed by atoms with Gasteiger partial charge >= 0.3 is 5.97 Å². The first-order valence-electron chi connectivity index (χ1n) is 7.47. The quantitative estimate of drug-likeness (QED) is 0.876. The Morgan fingerprint density at radius 3 is 3.05 bits per heavy atom. The van der Waals surface area contributed by atoms with Gasteiger partial charge in [-0.05, 0) is 25.2 Å². The summed E-state index contributed by atoms with van der Waals surface area (Å²) in [5, 5.41) is 12.5.